The number of nitrogens with zero attached hydrogens (tertiary/aromatic N) is 2. The third kappa shape index (κ3) is 8.38. The maximum absolute atomic E-state index is 13.5. The topological polar surface area (TPSA) is 121 Å². The van der Waals surface area contributed by atoms with Gasteiger partial charge in [0.25, 0.3) is 5.91 Å². The number of carbonyl (C=O) groups excluding carboxylic acids is 3. The first-order valence-electron chi connectivity index (χ1n) is 17.9. The fraction of sp³-hybridized carbons (Fsp3) is 0.279. The SMILES string of the molecule is C=CC(=O)N1CCC(Oc2ccc(/C=C/C(=O)N3CCC(Oc4cccc(-c5ccccc5OC)c4OC)CC3)c(-c3ccccc3)c2C(N)=O)CC1. The highest BCUT2D eigenvalue weighted by Crippen LogP contribution is 2.42. The molecule has 0 aliphatic carbocycles. The molecule has 3 amide bonds. The Hall–Kier alpha value is -6.03. The lowest BCUT2D eigenvalue weighted by Crippen LogP contribution is -2.41. The number of ether oxygens (including phenoxy) is 4. The molecule has 0 spiro atoms. The third-order valence-corrected chi connectivity index (χ3v) is 9.76. The normalized spacial score (nSPS) is 15.2. The van der Waals surface area contributed by atoms with Crippen molar-refractivity contribution < 1.29 is 33.3 Å². The summed E-state index contributed by atoms with van der Waals surface area (Å²) in [5.41, 5.74) is 10.1. The zero-order chi connectivity index (χ0) is 37.3. The van der Waals surface area contributed by atoms with Crippen LogP contribution in [0.2, 0.25) is 0 Å². The number of nitrogens with two attached hydrogens (primary N) is 1. The summed E-state index contributed by atoms with van der Waals surface area (Å²) in [5.74, 6) is 1.50. The highest BCUT2D eigenvalue weighted by molar-refractivity contribution is 6.05. The highest BCUT2D eigenvalue weighted by atomic mass is 16.5. The lowest BCUT2D eigenvalue weighted by Gasteiger charge is -2.32. The van der Waals surface area contributed by atoms with Gasteiger partial charge in [0.15, 0.2) is 11.5 Å². The Morgan fingerprint density at radius 3 is 1.89 bits per heavy atom. The van der Waals surface area contributed by atoms with Crippen molar-refractivity contribution in [3.05, 3.63) is 115 Å². The number of amides is 3. The van der Waals surface area contributed by atoms with Gasteiger partial charge in [0.1, 0.15) is 23.7 Å². The fourth-order valence-electron chi connectivity index (χ4n) is 7.04. The van der Waals surface area contributed by atoms with Gasteiger partial charge in [-0.1, -0.05) is 73.3 Å². The molecule has 0 aromatic heterocycles. The van der Waals surface area contributed by atoms with E-state index in [4.69, 9.17) is 24.7 Å². The number of carbonyl (C=O) groups is 3. The number of hydrogen-bond donors (Lipinski definition) is 1. The lowest BCUT2D eigenvalue weighted by atomic mass is 9.92. The van der Waals surface area contributed by atoms with Crippen molar-refractivity contribution >= 4 is 23.8 Å². The Kier molecular flexibility index (Phi) is 11.8. The molecule has 0 atom stereocenters. The average molecular weight is 716 g/mol. The third-order valence-electron chi connectivity index (χ3n) is 9.76. The van der Waals surface area contributed by atoms with E-state index in [0.29, 0.717) is 80.2 Å². The van der Waals surface area contributed by atoms with Crippen molar-refractivity contribution in [1.82, 2.24) is 9.80 Å². The van der Waals surface area contributed by atoms with Crippen LogP contribution in [0.4, 0.5) is 0 Å². The van der Waals surface area contributed by atoms with E-state index in [2.05, 4.69) is 6.58 Å². The Labute approximate surface area is 310 Å². The number of rotatable bonds is 12. The lowest BCUT2D eigenvalue weighted by molar-refractivity contribution is -0.128. The first-order valence-corrected chi connectivity index (χ1v) is 17.9. The molecule has 2 fully saturated rings. The molecule has 2 aliphatic heterocycles. The molecular weight excluding hydrogens is 670 g/mol. The van der Waals surface area contributed by atoms with E-state index in [9.17, 15) is 14.4 Å². The molecule has 2 N–H and O–H groups in total. The van der Waals surface area contributed by atoms with Crippen LogP contribution in [0.15, 0.2) is 104 Å². The van der Waals surface area contributed by atoms with Crippen LogP contribution in [-0.2, 0) is 9.59 Å². The first-order chi connectivity index (χ1) is 25.8. The van der Waals surface area contributed by atoms with E-state index >= 15 is 0 Å². The number of benzene rings is 4. The molecule has 53 heavy (non-hydrogen) atoms. The Balaban J connectivity index is 1.16. The average Bonchev–Trinajstić information content (AvgIpc) is 3.20. The van der Waals surface area contributed by atoms with Crippen LogP contribution < -0.4 is 24.7 Å². The van der Waals surface area contributed by atoms with Gasteiger partial charge in [-0.15, -0.1) is 0 Å². The van der Waals surface area contributed by atoms with E-state index in [1.807, 2.05) is 78.9 Å². The van der Waals surface area contributed by atoms with E-state index in [0.717, 1.165) is 22.4 Å². The molecule has 0 bridgehead atoms. The Bertz CT molecular complexity index is 1980. The van der Waals surface area contributed by atoms with Crippen molar-refractivity contribution in [2.45, 2.75) is 37.9 Å². The summed E-state index contributed by atoms with van der Waals surface area (Å²) in [7, 11) is 3.27. The summed E-state index contributed by atoms with van der Waals surface area (Å²) in [6.07, 6.45) is 6.81. The number of piperidine rings is 2. The van der Waals surface area contributed by atoms with Crippen LogP contribution in [0.5, 0.6) is 23.0 Å². The van der Waals surface area contributed by atoms with Gasteiger partial charge < -0.3 is 34.5 Å². The van der Waals surface area contributed by atoms with Crippen LogP contribution >= 0.6 is 0 Å². The first kappa shape index (κ1) is 36.8. The molecular formula is C43H45N3O7. The molecule has 2 saturated heterocycles. The van der Waals surface area contributed by atoms with Crippen molar-refractivity contribution in [2.75, 3.05) is 40.4 Å². The molecule has 6 rings (SSSR count). The van der Waals surface area contributed by atoms with Crippen LogP contribution in [0.3, 0.4) is 0 Å². The molecule has 4 aromatic rings. The highest BCUT2D eigenvalue weighted by Gasteiger charge is 2.28. The van der Waals surface area contributed by atoms with Crippen molar-refractivity contribution in [3.63, 3.8) is 0 Å². The summed E-state index contributed by atoms with van der Waals surface area (Å²) >= 11 is 0. The molecule has 0 radical (unpaired) electrons. The second-order valence-electron chi connectivity index (χ2n) is 13.0. The van der Waals surface area contributed by atoms with Gasteiger partial charge in [0.2, 0.25) is 11.8 Å². The second kappa shape index (κ2) is 17.0. The van der Waals surface area contributed by atoms with Gasteiger partial charge >= 0.3 is 0 Å². The van der Waals surface area contributed by atoms with E-state index in [-0.39, 0.29) is 29.6 Å². The number of methoxy groups -OCH3 is 2. The minimum absolute atomic E-state index is 0.102. The molecule has 10 nitrogen and oxygen atoms in total. The largest absolute Gasteiger partial charge is 0.496 e. The van der Waals surface area contributed by atoms with Crippen LogP contribution in [0.25, 0.3) is 28.3 Å². The fourth-order valence-corrected chi connectivity index (χ4v) is 7.04. The van der Waals surface area contributed by atoms with Gasteiger partial charge in [-0.05, 0) is 41.5 Å². The standard InChI is InChI=1S/C43H45N3O7/c1-4-38(47)45-25-21-31(22-26-45)52-36-19-17-30(40(41(36)43(44)49)29-11-6-5-7-12-29)18-20-39(48)46-27-23-32(24-28-46)53-37-16-10-14-34(42(37)51-3)33-13-8-9-15-35(33)50-2/h4-20,31-32H,1,21-28H2,2-3H3,(H2,44,49)/b20-18+. The second-order valence-corrected chi connectivity index (χ2v) is 13.0. The summed E-state index contributed by atoms with van der Waals surface area (Å²) in [5, 5.41) is 0. The van der Waals surface area contributed by atoms with E-state index < -0.39 is 5.91 Å². The van der Waals surface area contributed by atoms with Crippen LogP contribution in [0.1, 0.15) is 41.6 Å². The van der Waals surface area contributed by atoms with Gasteiger partial charge in [0, 0.05) is 74.6 Å². The molecule has 2 aliphatic rings. The molecule has 4 aromatic carbocycles. The van der Waals surface area contributed by atoms with Crippen molar-refractivity contribution in [3.8, 4) is 45.3 Å². The van der Waals surface area contributed by atoms with Crippen molar-refractivity contribution in [1.29, 1.82) is 0 Å². The maximum Gasteiger partial charge on any atom is 0.253 e. The molecule has 2 heterocycles. The zero-order valence-corrected chi connectivity index (χ0v) is 30.2. The van der Waals surface area contributed by atoms with Crippen LogP contribution in [0, 0.1) is 0 Å². The number of primary amides is 1. The molecule has 10 heteroatoms. The minimum atomic E-state index is -0.633. The monoisotopic (exact) mass is 715 g/mol. The maximum atomic E-state index is 13.5. The van der Waals surface area contributed by atoms with Gasteiger partial charge in [-0.2, -0.15) is 0 Å². The zero-order valence-electron chi connectivity index (χ0n) is 30.2. The number of para-hydroxylation sites is 2. The number of hydrogen-bond acceptors (Lipinski definition) is 7. The Morgan fingerprint density at radius 1 is 0.679 bits per heavy atom. The predicted octanol–water partition coefficient (Wildman–Crippen LogP) is 6.78. The van der Waals surface area contributed by atoms with Gasteiger partial charge in [-0.25, -0.2) is 0 Å². The van der Waals surface area contributed by atoms with E-state index in [1.54, 1.807) is 42.2 Å². The van der Waals surface area contributed by atoms with E-state index in [1.165, 1.54) is 6.08 Å². The summed E-state index contributed by atoms with van der Waals surface area (Å²) in [6, 6.07) is 26.6. The summed E-state index contributed by atoms with van der Waals surface area (Å²) in [4.78, 5) is 42.2. The minimum Gasteiger partial charge on any atom is -0.496 e. The molecule has 0 saturated carbocycles. The van der Waals surface area contributed by atoms with Gasteiger partial charge in [0.05, 0.1) is 19.8 Å². The smallest absolute Gasteiger partial charge is 0.253 e. The molecule has 0 unspecified atom stereocenters. The Morgan fingerprint density at radius 2 is 1.26 bits per heavy atom. The summed E-state index contributed by atoms with van der Waals surface area (Å²) < 4.78 is 24.2. The summed E-state index contributed by atoms with van der Waals surface area (Å²) in [6.45, 7) is 5.68. The van der Waals surface area contributed by atoms with Gasteiger partial charge in [-0.3, -0.25) is 14.4 Å². The molecule has 274 valence electrons. The van der Waals surface area contributed by atoms with Crippen LogP contribution in [-0.4, -0.2) is 80.1 Å². The quantitative estimate of drug-likeness (QED) is 0.161. The number of likely N-dealkylation sites (tertiary alicyclic amines) is 2. The predicted molar refractivity (Wildman–Crippen MR) is 205 cm³/mol. The van der Waals surface area contributed by atoms with Crippen molar-refractivity contribution in [2.24, 2.45) is 5.73 Å².